The molecule has 1 aliphatic heterocycles. The van der Waals surface area contributed by atoms with Gasteiger partial charge in [-0.1, -0.05) is 5.92 Å². The van der Waals surface area contributed by atoms with Crippen molar-refractivity contribution in [2.24, 2.45) is 0 Å². The molecular weight excluding hydrogens is 242 g/mol. The number of rotatable bonds is 3. The molecule has 3 N–H and O–H groups in total. The molecule has 1 fully saturated rings. The number of hydrogen-bond donors (Lipinski definition) is 3. The summed E-state index contributed by atoms with van der Waals surface area (Å²) in [5.74, 6) is 1.69. The Morgan fingerprint density at radius 2 is 2.11 bits per heavy atom. The first-order chi connectivity index (χ1) is 8.43. The Morgan fingerprint density at radius 1 is 1.50 bits per heavy atom. The second-order valence-electron chi connectivity index (χ2n) is 4.05. The molecule has 0 aromatic rings. The first-order valence-electron chi connectivity index (χ1n) is 5.43. The molecule has 7 heteroatoms. The predicted octanol–water partition coefficient (Wildman–Crippen LogP) is -3.36. The minimum Gasteiger partial charge on any atom is -0.829 e. The largest absolute Gasteiger partial charge is 0.829 e. The van der Waals surface area contributed by atoms with Crippen LogP contribution in [0.3, 0.4) is 0 Å². The SMILES string of the molecule is C#CCN(C(C)=O)[C@@H]1[C@@H](O)[C@H](O)[C@@H](CO)O[C@@H]1[O-]. The second-order valence-corrected chi connectivity index (χ2v) is 4.05. The van der Waals surface area contributed by atoms with Crippen LogP contribution in [0.1, 0.15) is 6.92 Å². The van der Waals surface area contributed by atoms with Crippen LogP contribution in [0.2, 0.25) is 0 Å². The Kier molecular flexibility index (Phi) is 5.07. The summed E-state index contributed by atoms with van der Waals surface area (Å²) in [5.41, 5.74) is 0. The van der Waals surface area contributed by atoms with Crippen molar-refractivity contribution in [2.45, 2.75) is 37.6 Å². The van der Waals surface area contributed by atoms with Gasteiger partial charge >= 0.3 is 0 Å². The highest BCUT2D eigenvalue weighted by molar-refractivity contribution is 5.74. The van der Waals surface area contributed by atoms with Crippen LogP contribution in [0, 0.1) is 12.3 Å². The molecule has 1 aliphatic rings. The summed E-state index contributed by atoms with van der Waals surface area (Å²) in [5, 5.41) is 40.2. The number of carbonyl (C=O) groups is 1. The van der Waals surface area contributed by atoms with Crippen molar-refractivity contribution in [1.29, 1.82) is 0 Å². The minimum atomic E-state index is -1.78. The lowest BCUT2D eigenvalue weighted by Crippen LogP contribution is -2.68. The average Bonchev–Trinajstić information content (AvgIpc) is 2.32. The zero-order chi connectivity index (χ0) is 13.9. The van der Waals surface area contributed by atoms with Crippen molar-refractivity contribution < 1.29 is 30.0 Å². The highest BCUT2D eigenvalue weighted by Crippen LogP contribution is 2.22. The van der Waals surface area contributed by atoms with Crippen LogP contribution in [0.4, 0.5) is 0 Å². The van der Waals surface area contributed by atoms with Crippen LogP contribution in [-0.4, -0.2) is 69.9 Å². The fourth-order valence-electron chi connectivity index (χ4n) is 1.92. The topological polar surface area (TPSA) is 113 Å². The van der Waals surface area contributed by atoms with E-state index in [1.54, 1.807) is 0 Å². The lowest BCUT2D eigenvalue weighted by atomic mass is 9.95. The molecule has 0 bridgehead atoms. The first-order valence-corrected chi connectivity index (χ1v) is 5.43. The van der Waals surface area contributed by atoms with Gasteiger partial charge in [0.1, 0.15) is 18.3 Å². The van der Waals surface area contributed by atoms with E-state index in [4.69, 9.17) is 16.3 Å². The monoisotopic (exact) mass is 258 g/mol. The number of aliphatic hydroxyl groups excluding tert-OH is 3. The quantitative estimate of drug-likeness (QED) is 0.456. The number of aliphatic hydroxyl groups is 3. The molecule has 0 radical (unpaired) electrons. The van der Waals surface area contributed by atoms with Gasteiger partial charge in [0.05, 0.1) is 19.2 Å². The van der Waals surface area contributed by atoms with Crippen LogP contribution in [0.5, 0.6) is 0 Å². The number of amides is 1. The Hall–Kier alpha value is -1.17. The van der Waals surface area contributed by atoms with Gasteiger partial charge in [0.15, 0.2) is 0 Å². The summed E-state index contributed by atoms with van der Waals surface area (Å²) >= 11 is 0. The van der Waals surface area contributed by atoms with Crippen LogP contribution < -0.4 is 5.11 Å². The summed E-state index contributed by atoms with van der Waals surface area (Å²) in [6, 6.07) is -1.28. The van der Waals surface area contributed by atoms with E-state index in [0.29, 0.717) is 0 Å². The number of ether oxygens (including phenoxy) is 1. The molecular formula is C11H16NO6-. The standard InChI is InChI=1S/C11H16NO6/c1-3-4-12(6(2)14)8-10(16)9(15)7(5-13)18-11(8)17/h1,7-11,13,15-16H,4-5H2,2H3/q-1/t7-,8-,9-,10-,11+/m1/s1. The Balaban J connectivity index is 2.93. The van der Waals surface area contributed by atoms with Crippen molar-refractivity contribution in [2.75, 3.05) is 13.2 Å². The molecule has 0 aliphatic carbocycles. The molecule has 0 aromatic heterocycles. The average molecular weight is 258 g/mol. The minimum absolute atomic E-state index is 0.171. The second kappa shape index (κ2) is 6.13. The number of carbonyl (C=O) groups excluding carboxylic acids is 1. The molecule has 7 nitrogen and oxygen atoms in total. The number of terminal acetylenes is 1. The zero-order valence-corrected chi connectivity index (χ0v) is 9.89. The van der Waals surface area contributed by atoms with Gasteiger partial charge in [-0.05, 0) is 0 Å². The molecule has 0 aromatic carbocycles. The van der Waals surface area contributed by atoms with E-state index in [-0.39, 0.29) is 6.54 Å². The van der Waals surface area contributed by atoms with Gasteiger partial charge in [0, 0.05) is 13.2 Å². The van der Waals surface area contributed by atoms with Gasteiger partial charge < -0.3 is 30.1 Å². The van der Waals surface area contributed by atoms with Crippen molar-refractivity contribution in [1.82, 2.24) is 4.90 Å². The van der Waals surface area contributed by atoms with Crippen molar-refractivity contribution in [3.05, 3.63) is 0 Å². The van der Waals surface area contributed by atoms with E-state index in [2.05, 4.69) is 5.92 Å². The van der Waals surface area contributed by atoms with Crippen LogP contribution in [-0.2, 0) is 9.53 Å². The van der Waals surface area contributed by atoms with E-state index in [9.17, 15) is 20.1 Å². The highest BCUT2D eigenvalue weighted by Gasteiger charge is 2.43. The molecule has 1 heterocycles. The summed E-state index contributed by atoms with van der Waals surface area (Å²) < 4.78 is 4.83. The van der Waals surface area contributed by atoms with Gasteiger partial charge in [-0.3, -0.25) is 4.79 Å². The van der Waals surface area contributed by atoms with Gasteiger partial charge in [0.25, 0.3) is 0 Å². The lowest BCUT2D eigenvalue weighted by molar-refractivity contribution is -0.525. The maximum atomic E-state index is 11.8. The predicted molar refractivity (Wildman–Crippen MR) is 57.8 cm³/mol. The third-order valence-corrected chi connectivity index (χ3v) is 2.87. The normalized spacial score (nSPS) is 35.9. The fourth-order valence-corrected chi connectivity index (χ4v) is 1.92. The van der Waals surface area contributed by atoms with Crippen molar-refractivity contribution >= 4 is 5.91 Å². The maximum Gasteiger partial charge on any atom is 0.220 e. The van der Waals surface area contributed by atoms with Crippen LogP contribution in [0.25, 0.3) is 0 Å². The summed E-state index contributed by atoms with van der Waals surface area (Å²) in [4.78, 5) is 12.3. The van der Waals surface area contributed by atoms with E-state index in [0.717, 1.165) is 4.90 Å². The third-order valence-electron chi connectivity index (χ3n) is 2.87. The smallest absolute Gasteiger partial charge is 0.220 e. The van der Waals surface area contributed by atoms with Crippen molar-refractivity contribution in [3.63, 3.8) is 0 Å². The molecule has 102 valence electrons. The molecule has 1 saturated heterocycles. The zero-order valence-electron chi connectivity index (χ0n) is 9.89. The molecule has 5 atom stereocenters. The first kappa shape index (κ1) is 14.9. The van der Waals surface area contributed by atoms with Gasteiger partial charge in [-0.25, -0.2) is 0 Å². The summed E-state index contributed by atoms with van der Waals surface area (Å²) in [7, 11) is 0. The molecule has 1 amide bonds. The lowest BCUT2D eigenvalue weighted by Gasteiger charge is -2.49. The Bertz CT molecular complexity index is 341. The summed E-state index contributed by atoms with van der Waals surface area (Å²) in [6.45, 7) is 0.426. The molecule has 0 unspecified atom stereocenters. The van der Waals surface area contributed by atoms with Gasteiger partial charge in [-0.2, -0.15) is 0 Å². The van der Waals surface area contributed by atoms with Crippen molar-refractivity contribution in [3.8, 4) is 12.3 Å². The number of nitrogens with zero attached hydrogens (tertiary/aromatic N) is 1. The highest BCUT2D eigenvalue weighted by atomic mass is 16.6. The number of hydrogen-bond acceptors (Lipinski definition) is 6. The maximum absolute atomic E-state index is 11.8. The molecule has 18 heavy (non-hydrogen) atoms. The molecule has 0 spiro atoms. The Morgan fingerprint density at radius 3 is 2.56 bits per heavy atom. The van der Waals surface area contributed by atoms with Gasteiger partial charge in [0.2, 0.25) is 5.91 Å². The van der Waals surface area contributed by atoms with Crippen LogP contribution >= 0.6 is 0 Å². The van der Waals surface area contributed by atoms with E-state index in [1.807, 2.05) is 0 Å². The third kappa shape index (κ3) is 2.80. The van der Waals surface area contributed by atoms with E-state index < -0.39 is 43.2 Å². The molecule has 1 rings (SSSR count). The van der Waals surface area contributed by atoms with Gasteiger partial charge in [-0.15, -0.1) is 6.42 Å². The Labute approximate surface area is 105 Å². The van der Waals surface area contributed by atoms with E-state index in [1.165, 1.54) is 6.92 Å². The van der Waals surface area contributed by atoms with Crippen LogP contribution in [0.15, 0.2) is 0 Å². The van der Waals surface area contributed by atoms with E-state index >= 15 is 0 Å². The fraction of sp³-hybridized carbons (Fsp3) is 0.727. The molecule has 0 saturated carbocycles. The summed E-state index contributed by atoms with van der Waals surface area (Å²) in [6.07, 6.45) is -0.838.